The lowest BCUT2D eigenvalue weighted by molar-refractivity contribution is 0.284. The van der Waals surface area contributed by atoms with Crippen molar-refractivity contribution in [2.45, 2.75) is 19.6 Å². The zero-order chi connectivity index (χ0) is 15.4. The first-order valence-electron chi connectivity index (χ1n) is 6.54. The molecule has 0 fully saturated rings. The van der Waals surface area contributed by atoms with Crippen LogP contribution < -0.4 is 10.1 Å². The van der Waals surface area contributed by atoms with E-state index < -0.39 is 5.82 Å². The number of hydrogen-bond acceptors (Lipinski definition) is 2. The molecule has 1 N–H and O–H groups in total. The summed E-state index contributed by atoms with van der Waals surface area (Å²) < 4.78 is 33.7. The van der Waals surface area contributed by atoms with Gasteiger partial charge < -0.3 is 10.1 Å². The molecule has 1 unspecified atom stereocenters. The number of ether oxygens (including phenoxy) is 1. The molecule has 0 aromatic heterocycles. The Morgan fingerprint density at radius 3 is 2.57 bits per heavy atom. The summed E-state index contributed by atoms with van der Waals surface area (Å²) in [4.78, 5) is 0. The second-order valence-electron chi connectivity index (χ2n) is 4.72. The summed E-state index contributed by atoms with van der Waals surface area (Å²) in [5.41, 5.74) is 1.20. The van der Waals surface area contributed by atoms with Crippen LogP contribution in [0.4, 0.5) is 8.78 Å². The van der Waals surface area contributed by atoms with Crippen LogP contribution in [-0.4, -0.2) is 7.05 Å². The minimum atomic E-state index is -0.454. The van der Waals surface area contributed by atoms with Crippen LogP contribution in [0.25, 0.3) is 0 Å². The Morgan fingerprint density at radius 2 is 1.90 bits per heavy atom. The van der Waals surface area contributed by atoms with Gasteiger partial charge in [-0.25, -0.2) is 8.78 Å². The van der Waals surface area contributed by atoms with E-state index in [4.69, 9.17) is 4.74 Å². The molecule has 5 heteroatoms. The van der Waals surface area contributed by atoms with Gasteiger partial charge in [0.25, 0.3) is 0 Å². The summed E-state index contributed by atoms with van der Waals surface area (Å²) in [5.74, 6) is -0.717. The maximum atomic E-state index is 14.0. The average Bonchev–Trinajstić information content (AvgIpc) is 2.48. The van der Waals surface area contributed by atoms with Crippen LogP contribution in [0.15, 0.2) is 40.9 Å². The predicted octanol–water partition coefficient (Wildman–Crippen LogP) is 4.59. The topological polar surface area (TPSA) is 21.3 Å². The van der Waals surface area contributed by atoms with E-state index in [2.05, 4.69) is 21.2 Å². The van der Waals surface area contributed by atoms with Crippen LogP contribution in [0, 0.1) is 11.6 Å². The van der Waals surface area contributed by atoms with Crippen molar-refractivity contribution in [1.29, 1.82) is 0 Å². The van der Waals surface area contributed by atoms with Crippen LogP contribution in [-0.2, 0) is 6.61 Å². The van der Waals surface area contributed by atoms with Gasteiger partial charge in [0, 0.05) is 16.1 Å². The van der Waals surface area contributed by atoms with Crippen LogP contribution >= 0.6 is 15.9 Å². The molecule has 0 aliphatic carbocycles. The molecule has 0 saturated heterocycles. The molecule has 1 atom stereocenters. The van der Waals surface area contributed by atoms with Crippen molar-refractivity contribution in [2.75, 3.05) is 7.05 Å². The van der Waals surface area contributed by atoms with E-state index in [0.29, 0.717) is 5.56 Å². The third-order valence-electron chi connectivity index (χ3n) is 3.28. The van der Waals surface area contributed by atoms with Crippen LogP contribution in [0.2, 0.25) is 0 Å². The highest BCUT2D eigenvalue weighted by Gasteiger charge is 2.10. The van der Waals surface area contributed by atoms with E-state index in [1.165, 1.54) is 12.1 Å². The molecule has 0 aliphatic heterocycles. The quantitative estimate of drug-likeness (QED) is 0.846. The van der Waals surface area contributed by atoms with Gasteiger partial charge in [-0.1, -0.05) is 22.0 Å². The lowest BCUT2D eigenvalue weighted by Crippen LogP contribution is -2.12. The lowest BCUT2D eigenvalue weighted by Gasteiger charge is -2.13. The lowest BCUT2D eigenvalue weighted by atomic mass is 10.1. The Kier molecular flexibility index (Phi) is 5.31. The smallest absolute Gasteiger partial charge is 0.165 e. The molecule has 0 radical (unpaired) electrons. The molecule has 0 amide bonds. The van der Waals surface area contributed by atoms with E-state index in [9.17, 15) is 8.78 Å². The second kappa shape index (κ2) is 7.00. The maximum Gasteiger partial charge on any atom is 0.165 e. The van der Waals surface area contributed by atoms with Gasteiger partial charge in [0.1, 0.15) is 12.4 Å². The maximum absolute atomic E-state index is 14.0. The SMILES string of the molecule is CNC(C)c1ccc(OCc2cc(Br)ccc2F)c(F)c1. The van der Waals surface area contributed by atoms with Crippen molar-refractivity contribution in [2.24, 2.45) is 0 Å². The predicted molar refractivity (Wildman–Crippen MR) is 82.3 cm³/mol. The summed E-state index contributed by atoms with van der Waals surface area (Å²) >= 11 is 3.27. The molecule has 21 heavy (non-hydrogen) atoms. The first-order valence-corrected chi connectivity index (χ1v) is 7.34. The van der Waals surface area contributed by atoms with Crippen molar-refractivity contribution >= 4 is 15.9 Å². The van der Waals surface area contributed by atoms with Crippen molar-refractivity contribution in [1.82, 2.24) is 5.32 Å². The first kappa shape index (κ1) is 15.9. The van der Waals surface area contributed by atoms with E-state index in [1.807, 2.05) is 14.0 Å². The summed E-state index contributed by atoms with van der Waals surface area (Å²) in [5, 5.41) is 3.04. The molecule has 0 heterocycles. The normalized spacial score (nSPS) is 12.2. The summed E-state index contributed by atoms with van der Waals surface area (Å²) in [6, 6.07) is 9.39. The molecule has 2 aromatic rings. The molecule has 112 valence electrons. The zero-order valence-electron chi connectivity index (χ0n) is 11.8. The molecule has 0 saturated carbocycles. The Labute approximate surface area is 131 Å². The number of benzene rings is 2. The van der Waals surface area contributed by atoms with Crippen molar-refractivity contribution in [3.05, 3.63) is 63.6 Å². The summed E-state index contributed by atoms with van der Waals surface area (Å²) in [7, 11) is 1.81. The van der Waals surface area contributed by atoms with Crippen molar-refractivity contribution < 1.29 is 13.5 Å². The molecule has 2 nitrogen and oxygen atoms in total. The highest BCUT2D eigenvalue weighted by atomic mass is 79.9. The molecule has 2 rings (SSSR count). The first-order chi connectivity index (χ1) is 10.0. The minimum absolute atomic E-state index is 0.0247. The average molecular weight is 356 g/mol. The van der Waals surface area contributed by atoms with Gasteiger partial charge >= 0.3 is 0 Å². The van der Waals surface area contributed by atoms with Gasteiger partial charge in [-0.15, -0.1) is 0 Å². The third-order valence-corrected chi connectivity index (χ3v) is 3.77. The highest BCUT2D eigenvalue weighted by Crippen LogP contribution is 2.24. The molecule has 0 bridgehead atoms. The van der Waals surface area contributed by atoms with E-state index in [0.717, 1.165) is 10.0 Å². The minimum Gasteiger partial charge on any atom is -0.486 e. The summed E-state index contributed by atoms with van der Waals surface area (Å²) in [6.45, 7) is 1.91. The van der Waals surface area contributed by atoms with E-state index >= 15 is 0 Å². The Hall–Kier alpha value is -1.46. The number of halogens is 3. The van der Waals surface area contributed by atoms with Crippen LogP contribution in [0.1, 0.15) is 24.1 Å². The van der Waals surface area contributed by atoms with Crippen molar-refractivity contribution in [3.63, 3.8) is 0 Å². The Balaban J connectivity index is 2.11. The third kappa shape index (κ3) is 4.02. The fraction of sp³-hybridized carbons (Fsp3) is 0.250. The zero-order valence-corrected chi connectivity index (χ0v) is 13.4. The molecular formula is C16H16BrF2NO. The molecule has 0 aliphatic rings. The van der Waals surface area contributed by atoms with Crippen LogP contribution in [0.3, 0.4) is 0 Å². The molecule has 2 aromatic carbocycles. The molecular weight excluding hydrogens is 340 g/mol. The van der Waals surface area contributed by atoms with Crippen molar-refractivity contribution in [3.8, 4) is 5.75 Å². The number of nitrogens with one attached hydrogen (secondary N) is 1. The highest BCUT2D eigenvalue weighted by molar-refractivity contribution is 9.10. The molecule has 0 spiro atoms. The van der Waals surface area contributed by atoms with E-state index in [-0.39, 0.29) is 24.2 Å². The number of hydrogen-bond donors (Lipinski definition) is 1. The standard InChI is InChI=1S/C16H16BrF2NO/c1-10(20-2)11-3-6-16(15(19)8-11)21-9-12-7-13(17)4-5-14(12)18/h3-8,10,20H,9H2,1-2H3. The number of rotatable bonds is 5. The van der Waals surface area contributed by atoms with Gasteiger partial charge in [0.2, 0.25) is 0 Å². The second-order valence-corrected chi connectivity index (χ2v) is 5.64. The Bertz CT molecular complexity index is 634. The van der Waals surface area contributed by atoms with Gasteiger partial charge in [-0.05, 0) is 49.9 Å². The van der Waals surface area contributed by atoms with Gasteiger partial charge in [-0.3, -0.25) is 0 Å². The van der Waals surface area contributed by atoms with E-state index in [1.54, 1.807) is 24.3 Å². The largest absolute Gasteiger partial charge is 0.486 e. The monoisotopic (exact) mass is 355 g/mol. The van der Waals surface area contributed by atoms with Gasteiger partial charge in [0.15, 0.2) is 11.6 Å². The summed E-state index contributed by atoms with van der Waals surface area (Å²) in [6.07, 6.45) is 0. The fourth-order valence-electron chi connectivity index (χ4n) is 1.88. The Morgan fingerprint density at radius 1 is 1.14 bits per heavy atom. The van der Waals surface area contributed by atoms with Gasteiger partial charge in [-0.2, -0.15) is 0 Å². The van der Waals surface area contributed by atoms with Crippen LogP contribution in [0.5, 0.6) is 5.75 Å². The fourth-order valence-corrected chi connectivity index (χ4v) is 2.29. The van der Waals surface area contributed by atoms with Gasteiger partial charge in [0.05, 0.1) is 0 Å².